The van der Waals surface area contributed by atoms with Gasteiger partial charge in [0.25, 0.3) is 0 Å². The van der Waals surface area contributed by atoms with Gasteiger partial charge in [0, 0.05) is 24.7 Å². The molecule has 0 spiro atoms. The number of ether oxygens (including phenoxy) is 5. The summed E-state index contributed by atoms with van der Waals surface area (Å²) in [7, 11) is 5.89. The zero-order valence-corrected chi connectivity index (χ0v) is 23.5. The number of fused-ring (bicyclic) bond motifs is 2. The van der Waals surface area contributed by atoms with E-state index in [9.17, 15) is 9.59 Å². The van der Waals surface area contributed by atoms with E-state index in [0.29, 0.717) is 30.1 Å². The summed E-state index contributed by atoms with van der Waals surface area (Å²) >= 11 is 0. The first-order valence-electron chi connectivity index (χ1n) is 13.5. The van der Waals surface area contributed by atoms with E-state index in [1.807, 2.05) is 25.1 Å². The number of methoxy groups -OCH3 is 4. The first-order chi connectivity index (χ1) is 19.4. The molecule has 3 bridgehead atoms. The van der Waals surface area contributed by atoms with Crippen molar-refractivity contribution in [2.45, 2.75) is 31.2 Å². The molecule has 3 heterocycles. The summed E-state index contributed by atoms with van der Waals surface area (Å²) in [6, 6.07) is 11.3. The zero-order chi connectivity index (χ0) is 28.2. The molecule has 0 N–H and O–H groups in total. The first kappa shape index (κ1) is 26.4. The molecule has 210 valence electrons. The number of hydrogen-bond donors (Lipinski definition) is 0. The van der Waals surface area contributed by atoms with Crippen molar-refractivity contribution in [2.75, 3.05) is 48.1 Å². The number of nitrogens with zero attached hydrogens (tertiary/aromatic N) is 2. The molecule has 0 aromatic heterocycles. The Balaban J connectivity index is 1.49. The van der Waals surface area contributed by atoms with E-state index in [0.717, 1.165) is 35.6 Å². The number of para-hydroxylation sites is 1. The van der Waals surface area contributed by atoms with Crippen LogP contribution >= 0.6 is 0 Å². The van der Waals surface area contributed by atoms with Crippen LogP contribution < -0.4 is 14.2 Å². The van der Waals surface area contributed by atoms with Gasteiger partial charge in [-0.3, -0.25) is 14.7 Å². The lowest BCUT2D eigenvalue weighted by Gasteiger charge is -2.64. The molecule has 9 nitrogen and oxygen atoms in total. The Morgan fingerprint density at radius 2 is 1.80 bits per heavy atom. The van der Waals surface area contributed by atoms with Gasteiger partial charge in [-0.1, -0.05) is 29.8 Å². The van der Waals surface area contributed by atoms with Gasteiger partial charge in [0.2, 0.25) is 5.75 Å². The molecule has 2 saturated heterocycles. The van der Waals surface area contributed by atoms with Gasteiger partial charge >= 0.3 is 11.9 Å². The van der Waals surface area contributed by atoms with Crippen molar-refractivity contribution in [1.29, 1.82) is 0 Å². The minimum Gasteiger partial charge on any atom is -0.493 e. The van der Waals surface area contributed by atoms with E-state index in [2.05, 4.69) is 17.0 Å². The van der Waals surface area contributed by atoms with Crippen molar-refractivity contribution >= 4 is 23.3 Å². The fourth-order valence-electron chi connectivity index (χ4n) is 7.77. The molecular formula is C31H34N2O7. The summed E-state index contributed by atoms with van der Waals surface area (Å²) in [5.41, 5.74) is 2.32. The largest absolute Gasteiger partial charge is 0.493 e. The van der Waals surface area contributed by atoms with Crippen LogP contribution in [0.3, 0.4) is 0 Å². The van der Waals surface area contributed by atoms with Crippen molar-refractivity contribution in [3.63, 3.8) is 0 Å². The van der Waals surface area contributed by atoms with Crippen LogP contribution in [0.4, 0.5) is 5.69 Å². The molecule has 0 amide bonds. The van der Waals surface area contributed by atoms with Crippen LogP contribution in [0, 0.1) is 11.3 Å². The molecule has 9 heteroatoms. The normalized spacial score (nSPS) is 28.8. The molecule has 2 aromatic rings. The molecule has 4 aliphatic rings. The van der Waals surface area contributed by atoms with Gasteiger partial charge in [0.15, 0.2) is 11.5 Å². The Hall–Kier alpha value is -3.85. The average Bonchev–Trinajstić information content (AvgIpc) is 3.36. The van der Waals surface area contributed by atoms with E-state index < -0.39 is 16.8 Å². The third kappa shape index (κ3) is 3.33. The molecule has 0 radical (unpaired) electrons. The van der Waals surface area contributed by atoms with E-state index in [1.54, 1.807) is 12.1 Å². The number of piperidine rings is 2. The Bertz CT molecular complexity index is 1420. The maximum atomic E-state index is 14.3. The van der Waals surface area contributed by atoms with Gasteiger partial charge in [0.1, 0.15) is 12.0 Å². The van der Waals surface area contributed by atoms with Crippen molar-refractivity contribution in [1.82, 2.24) is 4.90 Å². The highest BCUT2D eigenvalue weighted by Gasteiger charge is 2.74. The lowest BCUT2D eigenvalue weighted by molar-refractivity contribution is -0.170. The van der Waals surface area contributed by atoms with Gasteiger partial charge < -0.3 is 23.7 Å². The van der Waals surface area contributed by atoms with Gasteiger partial charge in [-0.05, 0) is 43.5 Å². The SMILES string of the molecule is C/C=C1/CN2CC[C@]34C(=Nc5ccccc53)[C@@H]2C[C@H]1C4(COC(=O)c1cc(OC)c(OC)c(OC)c1)C(=O)OC. The van der Waals surface area contributed by atoms with Crippen molar-refractivity contribution in [2.24, 2.45) is 16.3 Å². The molecule has 40 heavy (non-hydrogen) atoms. The first-order valence-corrected chi connectivity index (χ1v) is 13.5. The minimum atomic E-state index is -1.19. The number of hydrogen-bond acceptors (Lipinski definition) is 9. The number of benzene rings is 2. The molecule has 3 fully saturated rings. The summed E-state index contributed by atoms with van der Waals surface area (Å²) in [4.78, 5) is 35.5. The Morgan fingerprint density at radius 3 is 2.45 bits per heavy atom. The van der Waals surface area contributed by atoms with Gasteiger partial charge in [-0.2, -0.15) is 0 Å². The summed E-state index contributed by atoms with van der Waals surface area (Å²) < 4.78 is 28.0. The minimum absolute atomic E-state index is 0.124. The van der Waals surface area contributed by atoms with Crippen LogP contribution in [0.2, 0.25) is 0 Å². The van der Waals surface area contributed by atoms with E-state index in [-0.39, 0.29) is 30.1 Å². The van der Waals surface area contributed by atoms with Crippen LogP contribution in [0.25, 0.3) is 0 Å². The highest BCUT2D eigenvalue weighted by atomic mass is 16.6. The fraction of sp³-hybridized carbons (Fsp3) is 0.452. The second-order valence-corrected chi connectivity index (χ2v) is 10.8. The van der Waals surface area contributed by atoms with E-state index >= 15 is 0 Å². The fourth-order valence-corrected chi connectivity index (χ4v) is 7.77. The number of rotatable bonds is 7. The Morgan fingerprint density at radius 1 is 1.07 bits per heavy atom. The van der Waals surface area contributed by atoms with Crippen LogP contribution in [-0.2, 0) is 19.7 Å². The molecule has 3 aliphatic heterocycles. The molecule has 1 unspecified atom stereocenters. The van der Waals surface area contributed by atoms with Crippen molar-refractivity contribution in [3.8, 4) is 17.2 Å². The maximum Gasteiger partial charge on any atom is 0.338 e. The van der Waals surface area contributed by atoms with Crippen LogP contribution in [0.15, 0.2) is 53.0 Å². The maximum absolute atomic E-state index is 14.3. The molecule has 1 saturated carbocycles. The smallest absolute Gasteiger partial charge is 0.338 e. The second-order valence-electron chi connectivity index (χ2n) is 10.8. The third-order valence-corrected chi connectivity index (χ3v) is 9.47. The average molecular weight is 547 g/mol. The quantitative estimate of drug-likeness (QED) is 0.378. The molecule has 2 aromatic carbocycles. The van der Waals surface area contributed by atoms with Gasteiger partial charge in [-0.15, -0.1) is 0 Å². The summed E-state index contributed by atoms with van der Waals surface area (Å²) in [6.45, 7) is 3.41. The number of allylic oxidation sites excluding steroid dienone is 1. The lowest BCUT2D eigenvalue weighted by atomic mass is 9.43. The molecular weight excluding hydrogens is 512 g/mol. The second kappa shape index (κ2) is 9.66. The summed E-state index contributed by atoms with van der Waals surface area (Å²) in [5.74, 6) is -0.103. The molecule has 6 rings (SSSR count). The number of aliphatic imine (C=N–C) groups is 1. The Kier molecular flexibility index (Phi) is 6.37. The van der Waals surface area contributed by atoms with Crippen LogP contribution in [0.1, 0.15) is 35.7 Å². The highest BCUT2D eigenvalue weighted by molar-refractivity contribution is 6.11. The lowest BCUT2D eigenvalue weighted by Crippen LogP contribution is -2.75. The van der Waals surface area contributed by atoms with Gasteiger partial charge in [0.05, 0.1) is 51.1 Å². The predicted molar refractivity (Wildman–Crippen MR) is 148 cm³/mol. The number of carbonyl (C=O) groups excluding carboxylic acids is 2. The summed E-state index contributed by atoms with van der Waals surface area (Å²) in [5, 5.41) is 0. The van der Waals surface area contributed by atoms with Gasteiger partial charge in [-0.25, -0.2) is 4.79 Å². The van der Waals surface area contributed by atoms with E-state index in [4.69, 9.17) is 28.7 Å². The number of esters is 2. The topological polar surface area (TPSA) is 95.9 Å². The third-order valence-electron chi connectivity index (χ3n) is 9.47. The predicted octanol–water partition coefficient (Wildman–Crippen LogP) is 4.11. The summed E-state index contributed by atoms with van der Waals surface area (Å²) in [6.07, 6.45) is 3.50. The van der Waals surface area contributed by atoms with Crippen molar-refractivity contribution in [3.05, 3.63) is 59.2 Å². The van der Waals surface area contributed by atoms with Crippen LogP contribution in [-0.4, -0.2) is 76.7 Å². The molecule has 4 atom stereocenters. The molecule has 1 aliphatic carbocycles. The van der Waals surface area contributed by atoms with Crippen LogP contribution in [0.5, 0.6) is 17.2 Å². The highest BCUT2D eigenvalue weighted by Crippen LogP contribution is 2.66. The Labute approximate surface area is 233 Å². The van der Waals surface area contributed by atoms with E-state index in [1.165, 1.54) is 28.4 Å². The zero-order valence-electron chi connectivity index (χ0n) is 23.5. The van der Waals surface area contributed by atoms with Crippen molar-refractivity contribution < 1.29 is 33.3 Å². The monoisotopic (exact) mass is 546 g/mol. The number of carbonyl (C=O) groups is 2. The standard InChI is InChI=1S/C31H34N2O7/c1-6-18-16-33-12-11-30-20-9-7-8-10-22(20)32-27(30)23(33)15-21(18)31(30,29(35)39-5)17-40-28(34)19-13-24(36-2)26(38-4)25(14-19)37-3/h6-10,13-14,21,23H,11-12,15-17H2,1-5H3/b18-6-/t21-,23+,30-,31?/m1/s1.